The normalized spacial score (nSPS) is 15.5. The number of aliphatic imine (C=N–C) groups is 1. The third-order valence-electron chi connectivity index (χ3n) is 6.50. The molecule has 0 saturated heterocycles. The standard InChI is InChI=1S/C28H32N6O2/c1-19-6-5-13-30-24(19)17-31-28(35)25-18-36-27(34-25)12-15-29-14-11-26-32-22-10-9-21(16-23(22)33-26)20-7-3-2-4-8-20/h3,7-10,13,16,18,29H,2,4-6,11-12,14-15,17H2,1H3,(H,31,35)(H,32,33). The Kier molecular flexibility index (Phi) is 7.52. The summed E-state index contributed by atoms with van der Waals surface area (Å²) in [5, 5.41) is 6.27. The van der Waals surface area contributed by atoms with Crippen LogP contribution < -0.4 is 10.6 Å². The van der Waals surface area contributed by atoms with Gasteiger partial charge in [0.2, 0.25) is 0 Å². The van der Waals surface area contributed by atoms with Crippen molar-refractivity contribution in [1.29, 1.82) is 0 Å². The Bertz CT molecular complexity index is 1360. The highest BCUT2D eigenvalue weighted by molar-refractivity contribution is 5.92. The molecule has 0 saturated carbocycles. The summed E-state index contributed by atoms with van der Waals surface area (Å²) in [5.74, 6) is 1.26. The maximum Gasteiger partial charge on any atom is 0.273 e. The molecule has 1 aromatic carbocycles. The summed E-state index contributed by atoms with van der Waals surface area (Å²) in [6.45, 7) is 3.94. The number of oxazole rings is 1. The van der Waals surface area contributed by atoms with E-state index in [4.69, 9.17) is 9.40 Å². The van der Waals surface area contributed by atoms with Gasteiger partial charge in [-0.3, -0.25) is 9.79 Å². The number of rotatable bonds is 10. The van der Waals surface area contributed by atoms with E-state index < -0.39 is 0 Å². The third kappa shape index (κ3) is 5.88. The summed E-state index contributed by atoms with van der Waals surface area (Å²) in [7, 11) is 0. The zero-order valence-corrected chi connectivity index (χ0v) is 20.6. The fourth-order valence-corrected chi connectivity index (χ4v) is 4.41. The molecule has 0 spiro atoms. The lowest BCUT2D eigenvalue weighted by molar-refractivity contribution is 0.0951. The molecule has 5 rings (SSSR count). The van der Waals surface area contributed by atoms with Crippen molar-refractivity contribution >= 4 is 28.7 Å². The number of hydrogen-bond acceptors (Lipinski definition) is 6. The second-order valence-electron chi connectivity index (χ2n) is 9.19. The average molecular weight is 485 g/mol. The van der Waals surface area contributed by atoms with E-state index in [1.807, 2.05) is 6.21 Å². The molecule has 1 amide bonds. The van der Waals surface area contributed by atoms with Gasteiger partial charge in [0.25, 0.3) is 5.91 Å². The maximum absolute atomic E-state index is 12.4. The van der Waals surface area contributed by atoms with Gasteiger partial charge in [-0.2, -0.15) is 0 Å². The van der Waals surface area contributed by atoms with E-state index in [0.29, 0.717) is 31.1 Å². The second-order valence-corrected chi connectivity index (χ2v) is 9.19. The van der Waals surface area contributed by atoms with Gasteiger partial charge in [-0.05, 0) is 61.4 Å². The number of allylic oxidation sites excluding steroid dienone is 5. The number of fused-ring (bicyclic) bond motifs is 1. The Morgan fingerprint density at radius 2 is 2.06 bits per heavy atom. The Hall–Kier alpha value is -3.78. The molecule has 3 aromatic rings. The van der Waals surface area contributed by atoms with Crippen LogP contribution in [-0.2, 0) is 12.8 Å². The molecule has 0 radical (unpaired) electrons. The number of benzene rings is 1. The summed E-state index contributed by atoms with van der Waals surface area (Å²) in [4.78, 5) is 29.2. The number of H-pyrrole nitrogens is 1. The molecule has 2 aromatic heterocycles. The molecule has 0 atom stereocenters. The number of nitrogens with zero attached hydrogens (tertiary/aromatic N) is 3. The van der Waals surface area contributed by atoms with Gasteiger partial charge in [0.05, 0.1) is 23.3 Å². The van der Waals surface area contributed by atoms with Crippen molar-refractivity contribution in [3.8, 4) is 0 Å². The molecule has 186 valence electrons. The van der Waals surface area contributed by atoms with E-state index >= 15 is 0 Å². The van der Waals surface area contributed by atoms with Crippen LogP contribution in [0.2, 0.25) is 0 Å². The van der Waals surface area contributed by atoms with E-state index in [2.05, 4.69) is 68.9 Å². The largest absolute Gasteiger partial charge is 0.448 e. The first-order chi connectivity index (χ1) is 17.7. The van der Waals surface area contributed by atoms with E-state index in [1.165, 1.54) is 23.0 Å². The monoisotopic (exact) mass is 484 g/mol. The number of hydrogen-bond donors (Lipinski definition) is 3. The van der Waals surface area contributed by atoms with Crippen molar-refractivity contribution in [2.45, 2.75) is 45.4 Å². The SMILES string of the molecule is CC1=C(CNC(=O)c2coc(CCNCCc3nc4ccc(C5=CCCC=C5)cc4[nH]3)n2)N=CCC1. The molecule has 3 N–H and O–H groups in total. The molecule has 0 fully saturated rings. The van der Waals surface area contributed by atoms with Gasteiger partial charge in [-0.15, -0.1) is 0 Å². The van der Waals surface area contributed by atoms with Crippen molar-refractivity contribution in [2.75, 3.05) is 19.6 Å². The summed E-state index contributed by atoms with van der Waals surface area (Å²) in [6.07, 6.45) is 15.6. The van der Waals surface area contributed by atoms with Crippen LogP contribution in [0.4, 0.5) is 0 Å². The first-order valence-electron chi connectivity index (χ1n) is 12.7. The molecule has 36 heavy (non-hydrogen) atoms. The Morgan fingerprint density at radius 1 is 1.14 bits per heavy atom. The van der Waals surface area contributed by atoms with E-state index in [-0.39, 0.29) is 5.91 Å². The predicted octanol–water partition coefficient (Wildman–Crippen LogP) is 4.53. The zero-order valence-electron chi connectivity index (χ0n) is 20.6. The Balaban J connectivity index is 1.05. The zero-order chi connectivity index (χ0) is 24.7. The summed E-state index contributed by atoms with van der Waals surface area (Å²) in [6, 6.07) is 6.40. The van der Waals surface area contributed by atoms with Crippen molar-refractivity contribution in [2.24, 2.45) is 4.99 Å². The molecule has 8 nitrogen and oxygen atoms in total. The second kappa shape index (κ2) is 11.3. The van der Waals surface area contributed by atoms with E-state index in [9.17, 15) is 4.79 Å². The molecule has 2 aliphatic rings. The van der Waals surface area contributed by atoms with Gasteiger partial charge in [-0.1, -0.05) is 24.3 Å². The van der Waals surface area contributed by atoms with Crippen LogP contribution in [0.3, 0.4) is 0 Å². The summed E-state index contributed by atoms with van der Waals surface area (Å²) in [5.41, 5.74) is 6.98. The number of carbonyl (C=O) groups excluding carboxylic acids is 1. The van der Waals surface area contributed by atoms with Gasteiger partial charge >= 0.3 is 0 Å². The Morgan fingerprint density at radius 3 is 2.92 bits per heavy atom. The molecule has 1 aliphatic heterocycles. The number of amides is 1. The molecule has 0 unspecified atom stereocenters. The lowest BCUT2D eigenvalue weighted by Crippen LogP contribution is -2.26. The minimum atomic E-state index is -0.247. The molecular weight excluding hydrogens is 452 g/mol. The predicted molar refractivity (Wildman–Crippen MR) is 142 cm³/mol. The van der Waals surface area contributed by atoms with Crippen molar-refractivity contribution < 1.29 is 9.21 Å². The van der Waals surface area contributed by atoms with Crippen molar-refractivity contribution in [3.05, 3.63) is 76.9 Å². The molecule has 1 aliphatic carbocycles. The van der Waals surface area contributed by atoms with Gasteiger partial charge in [0.1, 0.15) is 12.1 Å². The number of carbonyl (C=O) groups is 1. The summed E-state index contributed by atoms with van der Waals surface area (Å²) >= 11 is 0. The lowest BCUT2D eigenvalue weighted by Gasteiger charge is -2.11. The molecular formula is C28H32N6O2. The third-order valence-corrected chi connectivity index (χ3v) is 6.50. The van der Waals surface area contributed by atoms with E-state index in [0.717, 1.165) is 61.2 Å². The van der Waals surface area contributed by atoms with Gasteiger partial charge < -0.3 is 20.0 Å². The molecule has 3 heterocycles. The maximum atomic E-state index is 12.4. The highest BCUT2D eigenvalue weighted by atomic mass is 16.3. The fraction of sp³-hybridized carbons (Fsp3) is 0.357. The van der Waals surface area contributed by atoms with Crippen molar-refractivity contribution in [1.82, 2.24) is 25.6 Å². The Labute approximate surface area is 210 Å². The number of imidazole rings is 1. The lowest BCUT2D eigenvalue weighted by atomic mass is 9.99. The van der Waals surface area contributed by atoms with Crippen LogP contribution in [-0.4, -0.2) is 46.7 Å². The van der Waals surface area contributed by atoms with Crippen LogP contribution >= 0.6 is 0 Å². The van der Waals surface area contributed by atoms with Gasteiger partial charge in [0.15, 0.2) is 11.6 Å². The number of aromatic amines is 1. The van der Waals surface area contributed by atoms with Gasteiger partial charge in [-0.25, -0.2) is 9.97 Å². The topological polar surface area (TPSA) is 108 Å². The van der Waals surface area contributed by atoms with Crippen LogP contribution in [0, 0.1) is 0 Å². The fourth-order valence-electron chi connectivity index (χ4n) is 4.41. The van der Waals surface area contributed by atoms with Crippen LogP contribution in [0.15, 0.2) is 63.4 Å². The highest BCUT2D eigenvalue weighted by Gasteiger charge is 2.14. The number of aromatic nitrogens is 3. The first-order valence-corrected chi connectivity index (χ1v) is 12.7. The van der Waals surface area contributed by atoms with Crippen LogP contribution in [0.25, 0.3) is 16.6 Å². The smallest absolute Gasteiger partial charge is 0.273 e. The molecule has 8 heteroatoms. The quantitative estimate of drug-likeness (QED) is 0.367. The van der Waals surface area contributed by atoms with Crippen LogP contribution in [0.5, 0.6) is 0 Å². The average Bonchev–Trinajstić information content (AvgIpc) is 3.55. The minimum absolute atomic E-state index is 0.247. The molecule has 0 bridgehead atoms. The minimum Gasteiger partial charge on any atom is -0.448 e. The highest BCUT2D eigenvalue weighted by Crippen LogP contribution is 2.24. The number of nitrogens with one attached hydrogen (secondary N) is 3. The van der Waals surface area contributed by atoms with Crippen molar-refractivity contribution in [3.63, 3.8) is 0 Å². The van der Waals surface area contributed by atoms with E-state index in [1.54, 1.807) is 0 Å². The van der Waals surface area contributed by atoms with Crippen LogP contribution in [0.1, 0.15) is 60.4 Å². The first kappa shape index (κ1) is 23.9. The van der Waals surface area contributed by atoms with Gasteiger partial charge in [0, 0.05) is 32.1 Å². The summed E-state index contributed by atoms with van der Waals surface area (Å²) < 4.78 is 5.48.